The van der Waals surface area contributed by atoms with Crippen LogP contribution in [0.25, 0.3) is 6.08 Å². The van der Waals surface area contributed by atoms with Gasteiger partial charge in [0.1, 0.15) is 5.70 Å². The van der Waals surface area contributed by atoms with Crippen LogP contribution < -0.4 is 24.8 Å². The maximum absolute atomic E-state index is 13.6. The predicted molar refractivity (Wildman–Crippen MR) is 175 cm³/mol. The van der Waals surface area contributed by atoms with E-state index in [2.05, 4.69) is 10.6 Å². The Labute approximate surface area is 269 Å². The van der Waals surface area contributed by atoms with Gasteiger partial charge < -0.3 is 24.8 Å². The second-order valence-corrected chi connectivity index (χ2v) is 11.0. The fourth-order valence-electron chi connectivity index (χ4n) is 4.10. The van der Waals surface area contributed by atoms with Crippen molar-refractivity contribution in [2.24, 2.45) is 0 Å². The van der Waals surface area contributed by atoms with Crippen molar-refractivity contribution in [3.8, 4) is 17.2 Å². The maximum Gasteiger partial charge on any atom is 0.272 e. The molecule has 0 fully saturated rings. The summed E-state index contributed by atoms with van der Waals surface area (Å²) in [4.78, 5) is 40.1. The molecule has 0 radical (unpaired) electrons. The average Bonchev–Trinajstić information content (AvgIpc) is 3.03. The van der Waals surface area contributed by atoms with Crippen LogP contribution in [0.15, 0.2) is 95.5 Å². The molecule has 226 valence electrons. The molecule has 4 rings (SSSR count). The fourth-order valence-corrected chi connectivity index (χ4v) is 5.45. The van der Waals surface area contributed by atoms with Crippen LogP contribution in [0.2, 0.25) is 10.0 Å². The lowest BCUT2D eigenvalue weighted by atomic mass is 10.1. The number of benzene rings is 4. The van der Waals surface area contributed by atoms with E-state index in [1.165, 1.54) is 45.2 Å². The number of ketones is 1. The number of ether oxygens (including phenoxy) is 3. The zero-order valence-electron chi connectivity index (χ0n) is 24.0. The first-order valence-electron chi connectivity index (χ1n) is 13.1. The van der Waals surface area contributed by atoms with E-state index in [0.717, 1.165) is 4.90 Å². The van der Waals surface area contributed by atoms with Crippen LogP contribution in [-0.4, -0.2) is 44.7 Å². The third-order valence-electron chi connectivity index (χ3n) is 6.22. The number of amides is 2. The molecule has 0 saturated heterocycles. The number of thioether (sulfide) groups is 1. The number of hydrogen-bond acceptors (Lipinski definition) is 7. The summed E-state index contributed by atoms with van der Waals surface area (Å²) in [6.07, 6.45) is 1.51. The molecule has 0 unspecified atom stereocenters. The molecule has 0 aromatic heterocycles. The van der Waals surface area contributed by atoms with Gasteiger partial charge in [0, 0.05) is 26.7 Å². The van der Waals surface area contributed by atoms with Gasteiger partial charge in [0.05, 0.1) is 32.1 Å². The summed E-state index contributed by atoms with van der Waals surface area (Å²) in [5.74, 6) is 0.0658. The number of hydrogen-bond donors (Lipinski definition) is 2. The standard InChI is InChI=1S/C33H28Cl2N2O6S/c1-41-29-15-20(16-30(42-2)31(29)43-3)14-27(37-32(39)21-8-5-4-6-9-21)33(40)36-23-10-7-11-24(18-23)44-19-28(38)25-13-12-22(34)17-26(25)35/h4-18H,19H2,1-3H3,(H,36,40)(H,37,39)/b27-14-. The zero-order chi connectivity index (χ0) is 31.6. The fraction of sp³-hybridized carbons (Fsp3) is 0.121. The smallest absolute Gasteiger partial charge is 0.272 e. The highest BCUT2D eigenvalue weighted by Gasteiger charge is 2.18. The number of carbonyl (C=O) groups is 3. The van der Waals surface area contributed by atoms with E-state index in [1.54, 1.807) is 72.8 Å². The number of nitrogens with one attached hydrogen (secondary N) is 2. The van der Waals surface area contributed by atoms with Gasteiger partial charge in [0.25, 0.3) is 11.8 Å². The van der Waals surface area contributed by atoms with Crippen molar-refractivity contribution in [1.29, 1.82) is 0 Å². The van der Waals surface area contributed by atoms with Crippen LogP contribution in [-0.2, 0) is 4.79 Å². The van der Waals surface area contributed by atoms with Crippen molar-refractivity contribution >= 4 is 64.3 Å². The summed E-state index contributed by atoms with van der Waals surface area (Å²) < 4.78 is 16.3. The Balaban J connectivity index is 1.58. The summed E-state index contributed by atoms with van der Waals surface area (Å²) >= 11 is 13.4. The molecule has 0 heterocycles. The average molecular weight is 652 g/mol. The van der Waals surface area contributed by atoms with Crippen molar-refractivity contribution in [1.82, 2.24) is 5.32 Å². The van der Waals surface area contributed by atoms with Gasteiger partial charge >= 0.3 is 0 Å². The van der Waals surface area contributed by atoms with Gasteiger partial charge in [-0.25, -0.2) is 0 Å². The highest BCUT2D eigenvalue weighted by molar-refractivity contribution is 8.00. The Kier molecular flexibility index (Phi) is 11.3. The molecule has 11 heteroatoms. The molecule has 0 bridgehead atoms. The summed E-state index contributed by atoms with van der Waals surface area (Å²) in [5.41, 5.74) is 1.70. The van der Waals surface area contributed by atoms with E-state index < -0.39 is 11.8 Å². The predicted octanol–water partition coefficient (Wildman–Crippen LogP) is 7.40. The number of rotatable bonds is 12. The van der Waals surface area contributed by atoms with Crippen LogP contribution in [0.4, 0.5) is 5.69 Å². The first kappa shape index (κ1) is 32.5. The van der Waals surface area contributed by atoms with Gasteiger partial charge in [-0.05, 0) is 72.3 Å². The van der Waals surface area contributed by atoms with Crippen LogP contribution in [0.1, 0.15) is 26.3 Å². The molecule has 4 aromatic carbocycles. The first-order valence-corrected chi connectivity index (χ1v) is 14.9. The van der Waals surface area contributed by atoms with Gasteiger partial charge in [0.15, 0.2) is 17.3 Å². The van der Waals surface area contributed by atoms with E-state index in [1.807, 2.05) is 6.07 Å². The van der Waals surface area contributed by atoms with Crippen LogP contribution >= 0.6 is 35.0 Å². The van der Waals surface area contributed by atoms with E-state index >= 15 is 0 Å². The van der Waals surface area contributed by atoms with E-state index in [4.69, 9.17) is 37.4 Å². The molecule has 2 N–H and O–H groups in total. The van der Waals surface area contributed by atoms with Gasteiger partial charge in [0.2, 0.25) is 5.75 Å². The first-order chi connectivity index (χ1) is 21.2. The van der Waals surface area contributed by atoms with Crippen molar-refractivity contribution in [3.05, 3.63) is 117 Å². The number of carbonyl (C=O) groups excluding carboxylic acids is 3. The second-order valence-electron chi connectivity index (χ2n) is 9.15. The largest absolute Gasteiger partial charge is 0.493 e. The zero-order valence-corrected chi connectivity index (χ0v) is 26.3. The number of anilines is 1. The third kappa shape index (κ3) is 8.35. The number of halogens is 2. The molecule has 2 amide bonds. The molecule has 0 aliphatic carbocycles. The lowest BCUT2D eigenvalue weighted by molar-refractivity contribution is -0.113. The summed E-state index contributed by atoms with van der Waals surface area (Å²) in [6, 6.07) is 23.6. The molecule has 0 atom stereocenters. The quantitative estimate of drug-likeness (QED) is 0.0935. The minimum absolute atomic E-state index is 0.0289. The second kappa shape index (κ2) is 15.3. The number of Topliss-reactive ketones (excluding diaryl/α,β-unsaturated/α-hetero) is 1. The minimum Gasteiger partial charge on any atom is -0.493 e. The SMILES string of the molecule is COc1cc(/C=C(\NC(=O)c2ccccc2)C(=O)Nc2cccc(SCC(=O)c3ccc(Cl)cc3Cl)c2)cc(OC)c1OC. The number of methoxy groups -OCH3 is 3. The Morgan fingerprint density at radius 2 is 1.52 bits per heavy atom. The Bertz CT molecular complexity index is 1690. The molecular weight excluding hydrogens is 623 g/mol. The van der Waals surface area contributed by atoms with Gasteiger partial charge in [-0.15, -0.1) is 11.8 Å². The van der Waals surface area contributed by atoms with Crippen LogP contribution in [0, 0.1) is 0 Å². The van der Waals surface area contributed by atoms with Gasteiger partial charge in [-0.1, -0.05) is 47.5 Å². The maximum atomic E-state index is 13.6. The van der Waals surface area contributed by atoms with Crippen LogP contribution in [0.3, 0.4) is 0 Å². The highest BCUT2D eigenvalue weighted by atomic mass is 35.5. The van der Waals surface area contributed by atoms with Crippen molar-refractivity contribution in [2.45, 2.75) is 4.90 Å². The summed E-state index contributed by atoms with van der Waals surface area (Å²) in [7, 11) is 4.46. The molecule has 4 aromatic rings. The normalized spacial score (nSPS) is 11.0. The molecule has 0 aliphatic heterocycles. The van der Waals surface area contributed by atoms with E-state index in [9.17, 15) is 14.4 Å². The Hall–Kier alpha value is -4.44. The molecule has 8 nitrogen and oxygen atoms in total. The molecule has 0 aliphatic rings. The molecular formula is C33H28Cl2N2O6S. The van der Waals surface area contributed by atoms with Crippen molar-refractivity contribution in [3.63, 3.8) is 0 Å². The van der Waals surface area contributed by atoms with Crippen molar-refractivity contribution < 1.29 is 28.6 Å². The third-order valence-corrected chi connectivity index (χ3v) is 7.76. The Morgan fingerprint density at radius 3 is 2.16 bits per heavy atom. The summed E-state index contributed by atoms with van der Waals surface area (Å²) in [5, 5.41) is 6.27. The molecule has 0 spiro atoms. The topological polar surface area (TPSA) is 103 Å². The van der Waals surface area contributed by atoms with E-state index in [0.29, 0.717) is 44.6 Å². The Morgan fingerprint density at radius 1 is 0.818 bits per heavy atom. The lowest BCUT2D eigenvalue weighted by Gasteiger charge is -2.15. The molecule has 44 heavy (non-hydrogen) atoms. The summed E-state index contributed by atoms with van der Waals surface area (Å²) in [6.45, 7) is 0. The van der Waals surface area contributed by atoms with Gasteiger partial charge in [-0.3, -0.25) is 14.4 Å². The monoisotopic (exact) mass is 650 g/mol. The highest BCUT2D eigenvalue weighted by Crippen LogP contribution is 2.38. The minimum atomic E-state index is -0.575. The molecule has 0 saturated carbocycles. The van der Waals surface area contributed by atoms with E-state index in [-0.39, 0.29) is 22.3 Å². The van der Waals surface area contributed by atoms with Crippen LogP contribution in [0.5, 0.6) is 17.2 Å². The lowest BCUT2D eigenvalue weighted by Crippen LogP contribution is -2.30. The van der Waals surface area contributed by atoms with Crippen molar-refractivity contribution in [2.75, 3.05) is 32.4 Å². The van der Waals surface area contributed by atoms with Gasteiger partial charge in [-0.2, -0.15) is 0 Å².